The second kappa shape index (κ2) is 5.52. The molecule has 0 bridgehead atoms. The van der Waals surface area contributed by atoms with Crippen LogP contribution in [0, 0.1) is 13.8 Å². The molecule has 0 aromatic carbocycles. The number of aromatic nitrogens is 3. The predicted octanol–water partition coefficient (Wildman–Crippen LogP) is 2.38. The number of aryl methyl sites for hydroxylation is 2. The molecule has 0 aliphatic rings. The minimum atomic E-state index is -5.83. The second-order valence-corrected chi connectivity index (χ2v) is 5.84. The molecule has 0 spiro atoms. The van der Waals surface area contributed by atoms with Crippen LogP contribution >= 0.6 is 0 Å². The van der Waals surface area contributed by atoms with E-state index in [1.54, 1.807) is 6.92 Å². The fourth-order valence-corrected chi connectivity index (χ4v) is 1.93. The Labute approximate surface area is 124 Å². The molecule has 0 saturated heterocycles. The van der Waals surface area contributed by atoms with Crippen molar-refractivity contribution in [3.05, 3.63) is 35.8 Å². The molecule has 2 heterocycles. The monoisotopic (exact) mass is 333 g/mol. The molecule has 0 atom stereocenters. The quantitative estimate of drug-likeness (QED) is 0.633. The molecule has 2 rings (SSSR count). The number of nitrogens with zero attached hydrogens (tertiary/aromatic N) is 3. The van der Waals surface area contributed by atoms with Crippen molar-refractivity contribution in [2.75, 3.05) is 0 Å². The minimum Gasteiger partial charge on any atom is -0.354 e. The molecule has 0 unspecified atom stereocenters. The normalized spacial score (nSPS) is 12.2. The van der Waals surface area contributed by atoms with E-state index in [2.05, 4.69) is 19.1 Å². The van der Waals surface area contributed by atoms with Gasteiger partial charge in [0.1, 0.15) is 0 Å². The first-order chi connectivity index (χ1) is 10.1. The van der Waals surface area contributed by atoms with Crippen molar-refractivity contribution < 1.29 is 25.8 Å². The third-order valence-corrected chi connectivity index (χ3v) is 3.65. The summed E-state index contributed by atoms with van der Waals surface area (Å²) in [6.07, 6.45) is 2.72. The maximum atomic E-state index is 12.5. The molecule has 2 aromatic rings. The minimum absolute atomic E-state index is 0.00507. The van der Waals surface area contributed by atoms with Gasteiger partial charge in [-0.3, -0.25) is 0 Å². The van der Waals surface area contributed by atoms with Gasteiger partial charge in [0.05, 0.1) is 5.56 Å². The third-order valence-electron chi connectivity index (χ3n) is 2.71. The lowest BCUT2D eigenvalue weighted by atomic mass is 10.1. The van der Waals surface area contributed by atoms with Gasteiger partial charge in [-0.15, -0.1) is 0 Å². The largest absolute Gasteiger partial charge is 0.534 e. The van der Waals surface area contributed by atoms with E-state index in [9.17, 15) is 21.6 Å². The number of hydrogen-bond donors (Lipinski definition) is 0. The van der Waals surface area contributed by atoms with Crippen LogP contribution in [-0.4, -0.2) is 28.9 Å². The van der Waals surface area contributed by atoms with Crippen LogP contribution in [0.2, 0.25) is 0 Å². The van der Waals surface area contributed by atoms with E-state index in [4.69, 9.17) is 0 Å². The van der Waals surface area contributed by atoms with Gasteiger partial charge in [-0.25, -0.2) is 15.0 Å². The van der Waals surface area contributed by atoms with Crippen LogP contribution in [0.3, 0.4) is 0 Å². The van der Waals surface area contributed by atoms with Crippen molar-refractivity contribution in [3.8, 4) is 17.3 Å². The summed E-state index contributed by atoms with van der Waals surface area (Å²) >= 11 is 0. The highest BCUT2D eigenvalue weighted by Gasteiger charge is 2.49. The summed E-state index contributed by atoms with van der Waals surface area (Å²) in [4.78, 5) is 11.5. The van der Waals surface area contributed by atoms with Crippen LogP contribution in [0.5, 0.6) is 5.88 Å². The number of hydrogen-bond acceptors (Lipinski definition) is 6. The van der Waals surface area contributed by atoms with Gasteiger partial charge in [0.15, 0.2) is 5.82 Å². The first-order valence-corrected chi connectivity index (χ1v) is 7.29. The highest BCUT2D eigenvalue weighted by atomic mass is 32.2. The Bertz CT molecular complexity index is 792. The summed E-state index contributed by atoms with van der Waals surface area (Å²) in [7, 11) is -5.83. The number of halogens is 3. The Morgan fingerprint density at radius 3 is 2.27 bits per heavy atom. The first-order valence-electron chi connectivity index (χ1n) is 5.88. The first kappa shape index (κ1) is 16.1. The van der Waals surface area contributed by atoms with E-state index in [0.29, 0.717) is 11.3 Å². The zero-order valence-corrected chi connectivity index (χ0v) is 12.2. The van der Waals surface area contributed by atoms with E-state index in [-0.39, 0.29) is 11.4 Å². The lowest BCUT2D eigenvalue weighted by molar-refractivity contribution is -0.0501. The predicted molar refractivity (Wildman–Crippen MR) is 70.3 cm³/mol. The van der Waals surface area contributed by atoms with E-state index in [1.807, 2.05) is 0 Å². The molecule has 0 aliphatic carbocycles. The van der Waals surface area contributed by atoms with Crippen molar-refractivity contribution in [1.82, 2.24) is 15.0 Å². The Morgan fingerprint density at radius 1 is 1.14 bits per heavy atom. The Morgan fingerprint density at radius 2 is 1.73 bits per heavy atom. The average molecular weight is 333 g/mol. The molecular formula is C12H10F3N3O3S. The second-order valence-electron chi connectivity index (χ2n) is 4.30. The average Bonchev–Trinajstić information content (AvgIpc) is 2.42. The van der Waals surface area contributed by atoms with Crippen molar-refractivity contribution in [3.63, 3.8) is 0 Å². The maximum Gasteiger partial charge on any atom is 0.534 e. The van der Waals surface area contributed by atoms with Gasteiger partial charge >= 0.3 is 15.6 Å². The summed E-state index contributed by atoms with van der Waals surface area (Å²) in [5.74, 6) is -0.711. The summed E-state index contributed by atoms with van der Waals surface area (Å²) in [5.41, 5.74) is -4.65. The van der Waals surface area contributed by atoms with E-state index < -0.39 is 21.5 Å². The summed E-state index contributed by atoms with van der Waals surface area (Å²) in [5, 5.41) is 0. The van der Waals surface area contributed by atoms with Gasteiger partial charge < -0.3 is 4.18 Å². The molecule has 6 nitrogen and oxygen atoms in total. The molecule has 0 aliphatic heterocycles. The van der Waals surface area contributed by atoms with Crippen molar-refractivity contribution in [1.29, 1.82) is 0 Å². The van der Waals surface area contributed by atoms with Gasteiger partial charge in [-0.2, -0.15) is 21.6 Å². The van der Waals surface area contributed by atoms with E-state index in [0.717, 1.165) is 0 Å². The van der Waals surface area contributed by atoms with Gasteiger partial charge in [0, 0.05) is 18.1 Å². The Kier molecular flexibility index (Phi) is 4.05. The van der Waals surface area contributed by atoms with Gasteiger partial charge in [-0.1, -0.05) is 0 Å². The summed E-state index contributed by atoms with van der Waals surface area (Å²) < 4.78 is 63.9. The zero-order chi connectivity index (χ0) is 16.5. The maximum absolute atomic E-state index is 12.5. The zero-order valence-electron chi connectivity index (χ0n) is 11.4. The molecule has 2 aromatic heterocycles. The molecule has 0 saturated carbocycles. The van der Waals surface area contributed by atoms with Crippen LogP contribution in [0.15, 0.2) is 24.5 Å². The highest BCUT2D eigenvalue weighted by Crippen LogP contribution is 2.32. The fourth-order valence-electron chi connectivity index (χ4n) is 1.50. The molecule has 0 radical (unpaired) electrons. The number of alkyl halides is 3. The topological polar surface area (TPSA) is 82.0 Å². The van der Waals surface area contributed by atoms with Crippen molar-refractivity contribution in [2.45, 2.75) is 19.4 Å². The molecule has 0 fully saturated rings. The SMILES string of the molecule is Cc1cc(-c2ncccn2)c(OS(=O)(=O)C(F)(F)F)nc1C. The van der Waals surface area contributed by atoms with Crippen LogP contribution < -0.4 is 4.18 Å². The highest BCUT2D eigenvalue weighted by molar-refractivity contribution is 7.88. The smallest absolute Gasteiger partial charge is 0.354 e. The van der Waals surface area contributed by atoms with Gasteiger partial charge in [-0.05, 0) is 31.5 Å². The Balaban J connectivity index is 2.59. The molecule has 0 amide bonds. The third kappa shape index (κ3) is 3.16. The van der Waals surface area contributed by atoms with Crippen LogP contribution in [0.4, 0.5) is 13.2 Å². The number of rotatable bonds is 3. The lowest BCUT2D eigenvalue weighted by Gasteiger charge is -2.13. The molecule has 22 heavy (non-hydrogen) atoms. The number of pyridine rings is 1. The van der Waals surface area contributed by atoms with Crippen molar-refractivity contribution >= 4 is 10.1 Å². The lowest BCUT2D eigenvalue weighted by Crippen LogP contribution is -2.28. The fraction of sp³-hybridized carbons (Fsp3) is 0.250. The molecule has 118 valence electrons. The van der Waals surface area contributed by atoms with Gasteiger partial charge in [0.25, 0.3) is 0 Å². The molecular weight excluding hydrogens is 323 g/mol. The summed E-state index contributed by atoms with van der Waals surface area (Å²) in [6, 6.07) is 2.92. The standard InChI is InChI=1S/C12H10F3N3O3S/c1-7-6-9(10-16-4-3-5-17-10)11(18-8(7)2)21-22(19,20)12(13,14)15/h3-6H,1-2H3. The molecule has 10 heteroatoms. The van der Waals surface area contributed by atoms with E-state index in [1.165, 1.54) is 31.5 Å². The van der Waals surface area contributed by atoms with Crippen molar-refractivity contribution in [2.24, 2.45) is 0 Å². The van der Waals surface area contributed by atoms with Crippen LogP contribution in [-0.2, 0) is 10.1 Å². The van der Waals surface area contributed by atoms with E-state index >= 15 is 0 Å². The summed E-state index contributed by atoms with van der Waals surface area (Å²) in [6.45, 7) is 3.18. The Hall–Kier alpha value is -2.23. The molecule has 0 N–H and O–H groups in total. The van der Waals surface area contributed by atoms with Crippen LogP contribution in [0.1, 0.15) is 11.3 Å². The van der Waals surface area contributed by atoms with Crippen LogP contribution in [0.25, 0.3) is 11.4 Å². The van der Waals surface area contributed by atoms with Gasteiger partial charge in [0.2, 0.25) is 5.88 Å².